The number of fused-ring (bicyclic) bond motifs is 1. The Balaban J connectivity index is 2.10. The quantitative estimate of drug-likeness (QED) is 0.833. The average molecular weight is 242 g/mol. The molecule has 3 rings (SSSR count). The van der Waals surface area contributed by atoms with Crippen molar-refractivity contribution in [2.45, 2.75) is 13.3 Å². The lowest BCUT2D eigenvalue weighted by Gasteiger charge is -2.31. The van der Waals surface area contributed by atoms with E-state index in [1.54, 1.807) is 18.2 Å². The molecule has 1 aromatic heterocycles. The SMILES string of the molecule is Cc1nc2ccc(O)cc2cc1C(=O)N1CCC1. The zero-order valence-corrected chi connectivity index (χ0v) is 10.2. The van der Waals surface area contributed by atoms with E-state index in [0.29, 0.717) is 5.56 Å². The maximum atomic E-state index is 12.2. The molecule has 0 spiro atoms. The number of carbonyl (C=O) groups is 1. The van der Waals surface area contributed by atoms with Crippen molar-refractivity contribution in [3.8, 4) is 5.75 Å². The lowest BCUT2D eigenvalue weighted by atomic mass is 10.1. The Labute approximate surface area is 105 Å². The van der Waals surface area contributed by atoms with E-state index in [-0.39, 0.29) is 11.7 Å². The largest absolute Gasteiger partial charge is 0.508 e. The zero-order valence-electron chi connectivity index (χ0n) is 10.2. The van der Waals surface area contributed by atoms with E-state index in [2.05, 4.69) is 4.98 Å². The lowest BCUT2D eigenvalue weighted by Crippen LogP contribution is -2.42. The number of amides is 1. The molecule has 1 N–H and O–H groups in total. The Morgan fingerprint density at radius 2 is 2.11 bits per heavy atom. The van der Waals surface area contributed by atoms with Crippen molar-refractivity contribution < 1.29 is 9.90 Å². The molecule has 0 bridgehead atoms. The topological polar surface area (TPSA) is 53.4 Å². The van der Waals surface area contributed by atoms with Gasteiger partial charge in [-0.15, -0.1) is 0 Å². The third kappa shape index (κ3) is 1.70. The summed E-state index contributed by atoms with van der Waals surface area (Å²) < 4.78 is 0. The van der Waals surface area contributed by atoms with E-state index in [4.69, 9.17) is 0 Å². The van der Waals surface area contributed by atoms with Gasteiger partial charge in [-0.2, -0.15) is 0 Å². The van der Waals surface area contributed by atoms with E-state index in [0.717, 1.165) is 36.1 Å². The van der Waals surface area contributed by atoms with Crippen LogP contribution >= 0.6 is 0 Å². The number of carbonyl (C=O) groups excluding carboxylic acids is 1. The fourth-order valence-corrected chi connectivity index (χ4v) is 2.17. The van der Waals surface area contributed by atoms with E-state index < -0.39 is 0 Å². The van der Waals surface area contributed by atoms with Crippen molar-refractivity contribution in [3.05, 3.63) is 35.5 Å². The zero-order chi connectivity index (χ0) is 12.7. The number of hydrogen-bond donors (Lipinski definition) is 1. The highest BCUT2D eigenvalue weighted by atomic mass is 16.3. The molecule has 92 valence electrons. The highest BCUT2D eigenvalue weighted by Gasteiger charge is 2.23. The van der Waals surface area contributed by atoms with Gasteiger partial charge in [-0.3, -0.25) is 9.78 Å². The maximum Gasteiger partial charge on any atom is 0.255 e. The number of aryl methyl sites for hydroxylation is 1. The minimum absolute atomic E-state index is 0.0384. The van der Waals surface area contributed by atoms with Crippen LogP contribution < -0.4 is 0 Å². The highest BCUT2D eigenvalue weighted by molar-refractivity contribution is 5.99. The second kappa shape index (κ2) is 3.98. The third-order valence-corrected chi connectivity index (χ3v) is 3.36. The maximum absolute atomic E-state index is 12.2. The number of nitrogens with zero attached hydrogens (tertiary/aromatic N) is 2. The summed E-state index contributed by atoms with van der Waals surface area (Å²) in [7, 11) is 0. The van der Waals surface area contributed by atoms with Crippen molar-refractivity contribution >= 4 is 16.8 Å². The molecule has 1 saturated heterocycles. The predicted octanol–water partition coefficient (Wildman–Crippen LogP) is 2.09. The van der Waals surface area contributed by atoms with Gasteiger partial charge >= 0.3 is 0 Å². The number of aromatic hydroxyl groups is 1. The van der Waals surface area contributed by atoms with E-state index >= 15 is 0 Å². The van der Waals surface area contributed by atoms with Crippen LogP contribution in [0.1, 0.15) is 22.5 Å². The Morgan fingerprint density at radius 1 is 1.33 bits per heavy atom. The number of phenols is 1. The van der Waals surface area contributed by atoms with Gasteiger partial charge in [0.2, 0.25) is 0 Å². The fourth-order valence-electron chi connectivity index (χ4n) is 2.17. The van der Waals surface area contributed by atoms with Gasteiger partial charge in [0.25, 0.3) is 5.91 Å². The van der Waals surface area contributed by atoms with Crippen molar-refractivity contribution in [1.82, 2.24) is 9.88 Å². The minimum atomic E-state index is 0.0384. The Hall–Kier alpha value is -2.10. The van der Waals surface area contributed by atoms with Gasteiger partial charge in [0.1, 0.15) is 5.75 Å². The summed E-state index contributed by atoms with van der Waals surface area (Å²) in [4.78, 5) is 18.4. The number of likely N-dealkylation sites (tertiary alicyclic amines) is 1. The summed E-state index contributed by atoms with van der Waals surface area (Å²) in [5.74, 6) is 0.229. The number of rotatable bonds is 1. The van der Waals surface area contributed by atoms with Crippen LogP contribution in [-0.2, 0) is 0 Å². The number of benzene rings is 1. The third-order valence-electron chi connectivity index (χ3n) is 3.36. The molecule has 2 aromatic rings. The number of phenolic OH excluding ortho intramolecular Hbond substituents is 1. The van der Waals surface area contributed by atoms with Gasteiger partial charge in [-0.05, 0) is 37.6 Å². The second-order valence-corrected chi connectivity index (χ2v) is 4.64. The van der Waals surface area contributed by atoms with E-state index in [1.807, 2.05) is 17.9 Å². The summed E-state index contributed by atoms with van der Waals surface area (Å²) in [5, 5.41) is 10.3. The van der Waals surface area contributed by atoms with Crippen LogP contribution in [0.4, 0.5) is 0 Å². The monoisotopic (exact) mass is 242 g/mol. The first kappa shape index (κ1) is 11.0. The molecule has 0 saturated carbocycles. The molecule has 0 unspecified atom stereocenters. The van der Waals surface area contributed by atoms with Gasteiger partial charge in [0, 0.05) is 18.5 Å². The van der Waals surface area contributed by atoms with Crippen LogP contribution in [0.3, 0.4) is 0 Å². The molecule has 4 nitrogen and oxygen atoms in total. The van der Waals surface area contributed by atoms with Crippen LogP contribution in [0, 0.1) is 6.92 Å². The molecule has 2 heterocycles. The molecule has 1 aromatic carbocycles. The number of pyridine rings is 1. The standard InChI is InChI=1S/C14H14N2O2/c1-9-12(14(18)16-5-2-6-16)8-10-7-11(17)3-4-13(10)15-9/h3-4,7-8,17H,2,5-6H2,1H3. The van der Waals surface area contributed by atoms with E-state index in [9.17, 15) is 9.90 Å². The van der Waals surface area contributed by atoms with Gasteiger partial charge in [-0.25, -0.2) is 0 Å². The van der Waals surface area contributed by atoms with Gasteiger partial charge in [-0.1, -0.05) is 0 Å². The molecule has 4 heteroatoms. The number of aromatic nitrogens is 1. The van der Waals surface area contributed by atoms with Crippen molar-refractivity contribution in [1.29, 1.82) is 0 Å². The second-order valence-electron chi connectivity index (χ2n) is 4.64. The van der Waals surface area contributed by atoms with E-state index in [1.165, 1.54) is 0 Å². The molecule has 0 radical (unpaired) electrons. The fraction of sp³-hybridized carbons (Fsp3) is 0.286. The molecule has 18 heavy (non-hydrogen) atoms. The predicted molar refractivity (Wildman–Crippen MR) is 68.7 cm³/mol. The summed E-state index contributed by atoms with van der Waals surface area (Å²) in [6.45, 7) is 3.51. The van der Waals surface area contributed by atoms with Crippen molar-refractivity contribution in [2.24, 2.45) is 0 Å². The first-order chi connectivity index (χ1) is 8.65. The molecule has 1 amide bonds. The number of hydrogen-bond acceptors (Lipinski definition) is 3. The normalized spacial score (nSPS) is 14.6. The molecule has 1 aliphatic heterocycles. The Bertz CT molecular complexity index is 633. The smallest absolute Gasteiger partial charge is 0.255 e. The average Bonchev–Trinajstić information content (AvgIpc) is 2.26. The summed E-state index contributed by atoms with van der Waals surface area (Å²) in [6.07, 6.45) is 1.08. The first-order valence-electron chi connectivity index (χ1n) is 6.05. The molecule has 1 aliphatic rings. The van der Waals surface area contributed by atoms with Crippen LogP contribution in [0.15, 0.2) is 24.3 Å². The van der Waals surface area contributed by atoms with Crippen LogP contribution in [0.2, 0.25) is 0 Å². The van der Waals surface area contributed by atoms with Crippen molar-refractivity contribution in [2.75, 3.05) is 13.1 Å². The van der Waals surface area contributed by atoms with Crippen molar-refractivity contribution in [3.63, 3.8) is 0 Å². The Morgan fingerprint density at radius 3 is 2.78 bits per heavy atom. The lowest BCUT2D eigenvalue weighted by molar-refractivity contribution is 0.0651. The molecule has 0 atom stereocenters. The summed E-state index contributed by atoms with van der Waals surface area (Å²) >= 11 is 0. The van der Waals surface area contributed by atoms with Crippen LogP contribution in [-0.4, -0.2) is 34.0 Å². The Kier molecular flexibility index (Phi) is 2.44. The van der Waals surface area contributed by atoms with Crippen LogP contribution in [0.5, 0.6) is 5.75 Å². The van der Waals surface area contributed by atoms with Gasteiger partial charge < -0.3 is 10.0 Å². The summed E-state index contributed by atoms with van der Waals surface area (Å²) in [5.41, 5.74) is 2.17. The molecular formula is C14H14N2O2. The summed E-state index contributed by atoms with van der Waals surface area (Å²) in [6, 6.07) is 6.81. The highest BCUT2D eigenvalue weighted by Crippen LogP contribution is 2.23. The van der Waals surface area contributed by atoms with Gasteiger partial charge in [0.05, 0.1) is 16.8 Å². The first-order valence-corrected chi connectivity index (χ1v) is 6.05. The molecule has 0 aliphatic carbocycles. The van der Waals surface area contributed by atoms with Gasteiger partial charge in [0.15, 0.2) is 0 Å². The van der Waals surface area contributed by atoms with Crippen LogP contribution in [0.25, 0.3) is 10.9 Å². The molecule has 1 fully saturated rings. The molecular weight excluding hydrogens is 228 g/mol. The minimum Gasteiger partial charge on any atom is -0.508 e.